The van der Waals surface area contributed by atoms with Crippen LogP contribution in [0.3, 0.4) is 0 Å². The lowest BCUT2D eigenvalue weighted by Gasteiger charge is -2.38. The van der Waals surface area contributed by atoms with Crippen molar-refractivity contribution in [1.29, 1.82) is 0 Å². The molecule has 61 heavy (non-hydrogen) atoms. The van der Waals surface area contributed by atoms with Gasteiger partial charge in [0.25, 0.3) is 11.7 Å². The number of carbonyl (C=O) groups excluding carboxylic acids is 3. The molecule has 1 saturated heterocycles. The summed E-state index contributed by atoms with van der Waals surface area (Å²) in [6.07, 6.45) is 6.54. The molecule has 6 N–H and O–H groups in total. The number of aliphatic hydroxyl groups excluding tert-OH is 2. The average molecular weight is 851 g/mol. The van der Waals surface area contributed by atoms with Crippen molar-refractivity contribution < 1.29 is 58.9 Å². The fourth-order valence-corrected chi connectivity index (χ4v) is 8.50. The van der Waals surface area contributed by atoms with Crippen molar-refractivity contribution in [3.63, 3.8) is 0 Å². The van der Waals surface area contributed by atoms with Gasteiger partial charge in [0.05, 0.1) is 53.0 Å². The molecule has 6 rings (SSSR count). The molecule has 4 aliphatic rings. The molecule has 334 valence electrons. The standard InChI is InChI=1S/C45H62N4O12/c1-22-13-12-14-23(2)44(57)47-35-30(21-46-49-18-15-29(16-19-49)48(9)10)39(54)32-33(40(35)55)38(53)27(6)42-34(32)43(56)45(8,61-42)59-20-17-31(58-11)24(3)41(60-28(7)50)26(5)37(52)25(4)36(22)51/h12-14,17,20-22,24-26,29,31,36-37,41,51-55H,15-16,18-19H2,1-11H3,(H,47,57)/b13-12+,20-17+,23-14-,46-21+. The van der Waals surface area contributed by atoms with Crippen LogP contribution in [0.4, 0.5) is 5.69 Å². The molecule has 4 heterocycles. The van der Waals surface area contributed by atoms with Gasteiger partial charge in [0.1, 0.15) is 23.4 Å². The smallest absolute Gasteiger partial charge is 0.312 e. The number of nitrogens with one attached hydrogen (secondary N) is 1. The summed E-state index contributed by atoms with van der Waals surface area (Å²) in [5.74, 6) is -8.34. The number of nitrogens with zero attached hydrogens (tertiary/aromatic N) is 3. The highest BCUT2D eigenvalue weighted by Gasteiger charge is 2.50. The first-order valence-corrected chi connectivity index (χ1v) is 20.7. The molecule has 1 amide bonds. The van der Waals surface area contributed by atoms with Crippen LogP contribution >= 0.6 is 0 Å². The number of aliphatic hydroxyl groups is 2. The number of methoxy groups -OCH3 is 1. The van der Waals surface area contributed by atoms with Crippen LogP contribution in [0.1, 0.15) is 82.8 Å². The van der Waals surface area contributed by atoms with E-state index in [2.05, 4.69) is 15.3 Å². The van der Waals surface area contributed by atoms with E-state index in [0.717, 1.165) is 12.8 Å². The average Bonchev–Trinajstić information content (AvgIpc) is 3.49. The van der Waals surface area contributed by atoms with Gasteiger partial charge in [-0.3, -0.25) is 19.4 Å². The third-order valence-corrected chi connectivity index (χ3v) is 12.6. The van der Waals surface area contributed by atoms with Crippen molar-refractivity contribution in [2.24, 2.45) is 28.8 Å². The zero-order valence-corrected chi connectivity index (χ0v) is 36.9. The first-order chi connectivity index (χ1) is 28.6. The second kappa shape index (κ2) is 18.8. The van der Waals surface area contributed by atoms with E-state index in [4.69, 9.17) is 18.9 Å². The number of carbonyl (C=O) groups is 3. The van der Waals surface area contributed by atoms with Gasteiger partial charge in [-0.2, -0.15) is 5.10 Å². The van der Waals surface area contributed by atoms with Gasteiger partial charge < -0.3 is 54.7 Å². The molecule has 2 aromatic carbocycles. The van der Waals surface area contributed by atoms with E-state index in [9.17, 15) is 39.9 Å². The SMILES string of the molecule is COC1/C=C/OC2(C)Oc3c(C)c(O)c4c(O)c(c(/C=N/N5CCC(N(C)C)CC5)c(O)c4c3C2=O)NC(=O)/C(C)=C\C=C\C(C)C(O)C(C)C(O)C(C)C(OC(C)=O)C1C. The number of aromatic hydroxyl groups is 3. The fourth-order valence-electron chi connectivity index (χ4n) is 8.50. The van der Waals surface area contributed by atoms with Crippen LogP contribution in [0.2, 0.25) is 0 Å². The van der Waals surface area contributed by atoms with Crippen molar-refractivity contribution in [1.82, 2.24) is 9.91 Å². The number of phenols is 3. The number of esters is 1. The Kier molecular flexibility index (Phi) is 14.5. The number of fused-ring (bicyclic) bond motifs is 14. The van der Waals surface area contributed by atoms with E-state index >= 15 is 0 Å². The second-order valence-electron chi connectivity index (χ2n) is 17.0. The predicted octanol–water partition coefficient (Wildman–Crippen LogP) is 5.11. The third kappa shape index (κ3) is 9.37. The van der Waals surface area contributed by atoms with Crippen LogP contribution in [0.15, 0.2) is 41.2 Å². The molecule has 16 nitrogen and oxygen atoms in total. The summed E-state index contributed by atoms with van der Waals surface area (Å²) in [4.78, 5) is 42.8. The summed E-state index contributed by atoms with van der Waals surface area (Å²) in [6.45, 7) is 13.7. The van der Waals surface area contributed by atoms with E-state index in [1.165, 1.54) is 59.4 Å². The molecule has 0 spiro atoms. The van der Waals surface area contributed by atoms with E-state index in [0.29, 0.717) is 19.1 Å². The van der Waals surface area contributed by atoms with Gasteiger partial charge in [-0.15, -0.1) is 0 Å². The summed E-state index contributed by atoms with van der Waals surface area (Å²) >= 11 is 0. The Labute approximate surface area is 357 Å². The Morgan fingerprint density at radius 1 is 0.967 bits per heavy atom. The lowest BCUT2D eigenvalue weighted by Crippen LogP contribution is -2.46. The van der Waals surface area contributed by atoms with E-state index in [1.807, 2.05) is 19.1 Å². The van der Waals surface area contributed by atoms with Gasteiger partial charge in [0, 0.05) is 80.3 Å². The van der Waals surface area contributed by atoms with Crippen LogP contribution in [0.5, 0.6) is 23.0 Å². The Balaban J connectivity index is 1.69. The van der Waals surface area contributed by atoms with Gasteiger partial charge in [-0.05, 0) is 46.9 Å². The minimum Gasteiger partial charge on any atom is -0.507 e. The molecular weight excluding hydrogens is 789 g/mol. The number of ether oxygens (including phenoxy) is 4. The van der Waals surface area contributed by atoms with Crippen LogP contribution in [-0.2, 0) is 23.8 Å². The Hall–Kier alpha value is -5.16. The zero-order valence-electron chi connectivity index (χ0n) is 36.9. The number of Topliss-reactive ketones (excluding diaryl/α,β-unsaturated/α-hetero) is 1. The molecule has 0 radical (unpaired) electrons. The van der Waals surface area contributed by atoms with Crippen LogP contribution < -0.4 is 10.1 Å². The predicted molar refractivity (Wildman–Crippen MR) is 230 cm³/mol. The highest BCUT2D eigenvalue weighted by molar-refractivity contribution is 6.23. The van der Waals surface area contributed by atoms with Crippen LogP contribution in [0, 0.1) is 30.6 Å². The maximum absolute atomic E-state index is 14.5. The number of hydrogen-bond acceptors (Lipinski definition) is 15. The van der Waals surface area contributed by atoms with E-state index in [1.54, 1.807) is 39.8 Å². The number of anilines is 1. The first-order valence-electron chi connectivity index (χ1n) is 20.7. The minimum atomic E-state index is -2.05. The number of hydrazone groups is 1. The molecule has 0 aromatic heterocycles. The molecule has 5 bridgehead atoms. The number of ketones is 1. The van der Waals surface area contributed by atoms with E-state index < -0.39 is 88.8 Å². The Morgan fingerprint density at radius 3 is 2.23 bits per heavy atom. The molecule has 9 unspecified atom stereocenters. The van der Waals surface area contributed by atoms with Crippen LogP contribution in [-0.4, -0.2) is 130 Å². The maximum Gasteiger partial charge on any atom is 0.312 e. The number of phenolic OH excluding ortho intramolecular Hbond substituents is 3. The molecule has 1 fully saturated rings. The maximum atomic E-state index is 14.5. The largest absolute Gasteiger partial charge is 0.507 e. The van der Waals surface area contributed by atoms with Gasteiger partial charge in [0.15, 0.2) is 5.75 Å². The number of piperidine rings is 1. The number of rotatable bonds is 5. The highest BCUT2D eigenvalue weighted by Crippen LogP contribution is 2.55. The van der Waals surface area contributed by atoms with Crippen LogP contribution in [0.25, 0.3) is 10.8 Å². The molecule has 0 saturated carbocycles. The van der Waals surface area contributed by atoms with Crippen molar-refractivity contribution in [2.75, 3.05) is 39.6 Å². The third-order valence-electron chi connectivity index (χ3n) is 12.6. The van der Waals surface area contributed by atoms with Crippen molar-refractivity contribution in [2.45, 2.75) is 104 Å². The number of benzene rings is 2. The van der Waals surface area contributed by atoms with Crippen molar-refractivity contribution in [3.8, 4) is 23.0 Å². The lowest BCUT2D eigenvalue weighted by atomic mass is 9.78. The second-order valence-corrected chi connectivity index (χ2v) is 17.0. The zero-order chi connectivity index (χ0) is 45.2. The van der Waals surface area contributed by atoms with Crippen molar-refractivity contribution >= 4 is 40.3 Å². The van der Waals surface area contributed by atoms with Gasteiger partial charge in [-0.25, -0.2) is 0 Å². The molecular formula is C45H62N4O12. The molecule has 4 aliphatic heterocycles. The fraction of sp³-hybridized carbons (Fsp3) is 0.556. The number of allylic oxidation sites excluding steroid dienone is 2. The lowest BCUT2D eigenvalue weighted by molar-refractivity contribution is -0.160. The summed E-state index contributed by atoms with van der Waals surface area (Å²) in [5.41, 5.74) is -0.336. The van der Waals surface area contributed by atoms with Crippen molar-refractivity contribution in [3.05, 3.63) is 52.8 Å². The molecule has 0 aliphatic carbocycles. The molecule has 2 aromatic rings. The summed E-state index contributed by atoms with van der Waals surface area (Å²) in [7, 11) is 5.47. The minimum absolute atomic E-state index is 0.0572. The Morgan fingerprint density at radius 2 is 1.62 bits per heavy atom. The topological polar surface area (TPSA) is 220 Å². The molecule has 9 atom stereocenters. The number of hydrogen-bond donors (Lipinski definition) is 6. The van der Waals surface area contributed by atoms with E-state index in [-0.39, 0.29) is 44.5 Å². The van der Waals surface area contributed by atoms with Gasteiger partial charge in [0.2, 0.25) is 0 Å². The number of amides is 1. The van der Waals surface area contributed by atoms with Gasteiger partial charge >= 0.3 is 11.8 Å². The van der Waals surface area contributed by atoms with Gasteiger partial charge in [-0.1, -0.05) is 45.9 Å². The molecule has 16 heteroatoms. The normalized spacial score (nSPS) is 31.5. The quantitative estimate of drug-likeness (QED) is 0.0997. The Bertz CT molecular complexity index is 2120. The monoisotopic (exact) mass is 850 g/mol. The first kappa shape index (κ1) is 46.9. The summed E-state index contributed by atoms with van der Waals surface area (Å²) in [6, 6.07) is 0.359. The summed E-state index contributed by atoms with van der Waals surface area (Å²) < 4.78 is 23.7. The summed E-state index contributed by atoms with van der Waals surface area (Å²) in [5, 5.41) is 67.2. The highest BCUT2D eigenvalue weighted by atomic mass is 16.7.